The van der Waals surface area contributed by atoms with Gasteiger partial charge in [-0.15, -0.1) is 0 Å². The van der Waals surface area contributed by atoms with Gasteiger partial charge in [0.25, 0.3) is 0 Å². The Morgan fingerprint density at radius 3 is 2.25 bits per heavy atom. The smallest absolute Gasteiger partial charge is 0.169 e. The predicted molar refractivity (Wildman–Crippen MR) is 91.0 cm³/mol. The van der Waals surface area contributed by atoms with Gasteiger partial charge in [-0.2, -0.15) is 0 Å². The van der Waals surface area contributed by atoms with E-state index in [-0.39, 0.29) is 0 Å². The Kier molecular flexibility index (Phi) is 6.60. The van der Waals surface area contributed by atoms with E-state index in [1.165, 1.54) is 64.2 Å². The Morgan fingerprint density at radius 2 is 1.65 bits per heavy atom. The fourth-order valence-corrected chi connectivity index (χ4v) is 3.97. The fraction of sp³-hybridized carbons (Fsp3) is 0.941. The third kappa shape index (κ3) is 4.91. The number of hydrogen-bond acceptors (Lipinski definition) is 1. The van der Waals surface area contributed by atoms with Gasteiger partial charge in [-0.3, -0.25) is 0 Å². The van der Waals surface area contributed by atoms with Crippen molar-refractivity contribution in [3.63, 3.8) is 0 Å². The van der Waals surface area contributed by atoms with Gasteiger partial charge in [0.05, 0.1) is 0 Å². The Bertz CT molecular complexity index is 291. The molecule has 1 N–H and O–H groups in total. The van der Waals surface area contributed by atoms with E-state index in [1.807, 2.05) is 0 Å². The van der Waals surface area contributed by atoms with E-state index >= 15 is 0 Å². The molecule has 0 aromatic carbocycles. The molecule has 20 heavy (non-hydrogen) atoms. The SMILES string of the molecule is CC(C)CCN(C(=S)NC1CCCCC1)C1CCCC1. The zero-order valence-electron chi connectivity index (χ0n) is 13.4. The lowest BCUT2D eigenvalue weighted by molar-refractivity contribution is 0.284. The van der Waals surface area contributed by atoms with Crippen molar-refractivity contribution < 1.29 is 0 Å². The Labute approximate surface area is 130 Å². The lowest BCUT2D eigenvalue weighted by Crippen LogP contribution is -2.49. The lowest BCUT2D eigenvalue weighted by atomic mass is 9.96. The maximum atomic E-state index is 5.76. The molecule has 2 rings (SSSR count). The van der Waals surface area contributed by atoms with Crippen LogP contribution in [0, 0.1) is 5.92 Å². The van der Waals surface area contributed by atoms with E-state index in [0.717, 1.165) is 17.6 Å². The first-order chi connectivity index (χ1) is 9.66. The highest BCUT2D eigenvalue weighted by molar-refractivity contribution is 7.80. The summed E-state index contributed by atoms with van der Waals surface area (Å²) in [6.07, 6.45) is 13.5. The third-order valence-electron chi connectivity index (χ3n) is 4.91. The summed E-state index contributed by atoms with van der Waals surface area (Å²) in [6, 6.07) is 1.34. The molecular weight excluding hydrogens is 264 g/mol. The summed E-state index contributed by atoms with van der Waals surface area (Å²) in [5.41, 5.74) is 0. The van der Waals surface area contributed by atoms with Gasteiger partial charge in [-0.1, -0.05) is 46.0 Å². The first-order valence-electron chi connectivity index (χ1n) is 8.74. The highest BCUT2D eigenvalue weighted by atomic mass is 32.1. The van der Waals surface area contributed by atoms with Crippen LogP contribution in [0.5, 0.6) is 0 Å². The normalized spacial score (nSPS) is 21.4. The number of nitrogens with zero attached hydrogens (tertiary/aromatic N) is 1. The van der Waals surface area contributed by atoms with Crippen LogP contribution in [0.3, 0.4) is 0 Å². The molecule has 2 aliphatic rings. The largest absolute Gasteiger partial charge is 0.360 e. The summed E-state index contributed by atoms with van der Waals surface area (Å²) in [7, 11) is 0. The van der Waals surface area contributed by atoms with Gasteiger partial charge in [-0.25, -0.2) is 0 Å². The van der Waals surface area contributed by atoms with Crippen LogP contribution < -0.4 is 5.32 Å². The van der Waals surface area contributed by atoms with Gasteiger partial charge in [0.1, 0.15) is 0 Å². The summed E-state index contributed by atoms with van der Waals surface area (Å²) in [5.74, 6) is 0.761. The summed E-state index contributed by atoms with van der Waals surface area (Å²) in [6.45, 7) is 5.76. The average molecular weight is 297 g/mol. The predicted octanol–water partition coefficient (Wildman–Crippen LogP) is 4.48. The van der Waals surface area contributed by atoms with Crippen LogP contribution in [0.2, 0.25) is 0 Å². The van der Waals surface area contributed by atoms with Crippen molar-refractivity contribution in [3.8, 4) is 0 Å². The van der Waals surface area contributed by atoms with Crippen molar-refractivity contribution in [3.05, 3.63) is 0 Å². The highest BCUT2D eigenvalue weighted by Gasteiger charge is 2.26. The summed E-state index contributed by atoms with van der Waals surface area (Å²) in [4.78, 5) is 2.52. The molecule has 2 nitrogen and oxygen atoms in total. The van der Waals surface area contributed by atoms with E-state index in [2.05, 4.69) is 24.1 Å². The zero-order chi connectivity index (χ0) is 14.4. The topological polar surface area (TPSA) is 15.3 Å². The lowest BCUT2D eigenvalue weighted by Gasteiger charge is -2.35. The maximum absolute atomic E-state index is 5.76. The van der Waals surface area contributed by atoms with Crippen LogP contribution in [0.4, 0.5) is 0 Å². The molecule has 0 atom stereocenters. The van der Waals surface area contributed by atoms with Crippen LogP contribution in [0.15, 0.2) is 0 Å². The number of rotatable bonds is 5. The molecule has 0 aliphatic heterocycles. The molecule has 0 aromatic heterocycles. The molecule has 0 saturated heterocycles. The van der Waals surface area contributed by atoms with Crippen LogP contribution in [-0.4, -0.2) is 28.6 Å². The minimum Gasteiger partial charge on any atom is -0.360 e. The minimum absolute atomic E-state index is 0.638. The van der Waals surface area contributed by atoms with Crippen molar-refractivity contribution >= 4 is 17.3 Å². The number of nitrogens with one attached hydrogen (secondary N) is 1. The zero-order valence-corrected chi connectivity index (χ0v) is 14.2. The van der Waals surface area contributed by atoms with Crippen molar-refractivity contribution in [2.24, 2.45) is 5.92 Å². The van der Waals surface area contributed by atoms with Gasteiger partial charge in [0.2, 0.25) is 0 Å². The van der Waals surface area contributed by atoms with Crippen molar-refractivity contribution in [2.45, 2.75) is 90.1 Å². The Hall–Kier alpha value is -0.310. The first-order valence-corrected chi connectivity index (χ1v) is 9.15. The van der Waals surface area contributed by atoms with E-state index in [0.29, 0.717) is 12.1 Å². The van der Waals surface area contributed by atoms with Gasteiger partial charge in [0.15, 0.2) is 5.11 Å². The Morgan fingerprint density at radius 1 is 1.05 bits per heavy atom. The highest BCUT2D eigenvalue weighted by Crippen LogP contribution is 2.25. The van der Waals surface area contributed by atoms with Crippen LogP contribution >= 0.6 is 12.2 Å². The number of thiocarbonyl (C=S) groups is 1. The van der Waals surface area contributed by atoms with E-state index in [1.54, 1.807) is 0 Å². The van der Waals surface area contributed by atoms with E-state index in [4.69, 9.17) is 12.2 Å². The van der Waals surface area contributed by atoms with E-state index < -0.39 is 0 Å². The van der Waals surface area contributed by atoms with Gasteiger partial charge in [0, 0.05) is 18.6 Å². The average Bonchev–Trinajstić information content (AvgIpc) is 2.93. The summed E-state index contributed by atoms with van der Waals surface area (Å²) >= 11 is 5.76. The molecule has 2 aliphatic carbocycles. The van der Waals surface area contributed by atoms with Crippen molar-refractivity contribution in [1.82, 2.24) is 10.2 Å². The maximum Gasteiger partial charge on any atom is 0.169 e. The van der Waals surface area contributed by atoms with Crippen molar-refractivity contribution in [1.29, 1.82) is 0 Å². The van der Waals surface area contributed by atoms with Crippen LogP contribution in [0.25, 0.3) is 0 Å². The molecule has 0 aromatic rings. The molecule has 0 radical (unpaired) electrons. The monoisotopic (exact) mass is 296 g/mol. The molecule has 0 heterocycles. The summed E-state index contributed by atoms with van der Waals surface area (Å²) < 4.78 is 0. The standard InChI is InChI=1S/C17H32N2S/c1-14(2)12-13-19(16-10-6-7-11-16)17(20)18-15-8-4-3-5-9-15/h14-16H,3-13H2,1-2H3,(H,18,20). The summed E-state index contributed by atoms with van der Waals surface area (Å²) in [5, 5.41) is 4.72. The minimum atomic E-state index is 0.638. The molecule has 116 valence electrons. The van der Waals surface area contributed by atoms with Crippen LogP contribution in [-0.2, 0) is 0 Å². The Balaban J connectivity index is 1.87. The third-order valence-corrected chi connectivity index (χ3v) is 5.26. The second-order valence-electron chi connectivity index (χ2n) is 7.10. The second-order valence-corrected chi connectivity index (χ2v) is 7.49. The molecule has 3 heteroatoms. The number of hydrogen-bond donors (Lipinski definition) is 1. The van der Waals surface area contributed by atoms with Gasteiger partial charge in [-0.05, 0) is 50.2 Å². The molecule has 0 bridgehead atoms. The second kappa shape index (κ2) is 8.21. The molecule has 2 fully saturated rings. The van der Waals surface area contributed by atoms with Crippen molar-refractivity contribution in [2.75, 3.05) is 6.54 Å². The molecule has 2 saturated carbocycles. The molecular formula is C17H32N2S. The van der Waals surface area contributed by atoms with Crippen LogP contribution in [0.1, 0.15) is 78.1 Å². The molecule has 0 unspecified atom stereocenters. The molecule has 0 amide bonds. The van der Waals surface area contributed by atoms with Gasteiger partial charge < -0.3 is 10.2 Å². The molecule has 0 spiro atoms. The fourth-order valence-electron chi connectivity index (χ4n) is 3.57. The quantitative estimate of drug-likeness (QED) is 0.753. The van der Waals surface area contributed by atoms with Gasteiger partial charge >= 0.3 is 0 Å². The first kappa shape index (κ1) is 16.1. The van der Waals surface area contributed by atoms with E-state index in [9.17, 15) is 0 Å².